The Hall–Kier alpha value is -2.75. The molecule has 1 aliphatic rings. The Balaban J connectivity index is 2.64. The van der Waals surface area contributed by atoms with E-state index >= 15 is 0 Å². The topological polar surface area (TPSA) is 145 Å². The van der Waals surface area contributed by atoms with E-state index in [1.165, 1.54) is 0 Å². The van der Waals surface area contributed by atoms with Crippen molar-refractivity contribution in [3.05, 3.63) is 37.9 Å². The number of hydrogen-bond acceptors (Lipinski definition) is 7. The zero-order chi connectivity index (χ0) is 17.1. The molecular weight excluding hydrogens is 306 g/mol. The van der Waals surface area contributed by atoms with Crippen LogP contribution in [0.15, 0.2) is 12.1 Å². The van der Waals surface area contributed by atoms with E-state index in [4.69, 9.17) is 5.84 Å². The van der Waals surface area contributed by atoms with Gasteiger partial charge in [-0.2, -0.15) is 0 Å². The van der Waals surface area contributed by atoms with Gasteiger partial charge < -0.3 is 4.90 Å². The fourth-order valence-electron chi connectivity index (χ4n) is 2.81. The van der Waals surface area contributed by atoms with E-state index in [-0.39, 0.29) is 17.2 Å². The molecule has 1 atom stereocenters. The van der Waals surface area contributed by atoms with Gasteiger partial charge in [0.1, 0.15) is 0 Å². The Morgan fingerprint density at radius 2 is 1.87 bits per heavy atom. The molecule has 1 saturated heterocycles. The number of carbonyl (C=O) groups is 1. The second kappa shape index (κ2) is 6.57. The van der Waals surface area contributed by atoms with E-state index in [1.807, 2.05) is 12.3 Å². The van der Waals surface area contributed by atoms with Gasteiger partial charge in [-0.05, 0) is 18.8 Å². The summed E-state index contributed by atoms with van der Waals surface area (Å²) in [6.45, 7) is 2.97. The number of amides is 1. The largest absolute Gasteiger partial charge is 0.360 e. The maximum Gasteiger partial charge on any atom is 0.300 e. The van der Waals surface area contributed by atoms with Gasteiger partial charge in [-0.25, -0.2) is 5.84 Å². The molecular formula is C13H17N5O5. The number of nitro groups is 2. The van der Waals surface area contributed by atoms with Crippen molar-refractivity contribution in [1.29, 1.82) is 0 Å². The smallest absolute Gasteiger partial charge is 0.300 e. The summed E-state index contributed by atoms with van der Waals surface area (Å²) in [6.07, 6.45) is 1.76. The molecule has 1 aromatic rings. The Labute approximate surface area is 131 Å². The first kappa shape index (κ1) is 16.6. The second-order valence-corrected chi connectivity index (χ2v) is 5.54. The summed E-state index contributed by atoms with van der Waals surface area (Å²) in [6, 6.07) is 2.04. The second-order valence-electron chi connectivity index (χ2n) is 5.54. The van der Waals surface area contributed by atoms with E-state index in [9.17, 15) is 25.0 Å². The van der Waals surface area contributed by atoms with Crippen molar-refractivity contribution in [2.75, 3.05) is 18.0 Å². The first-order valence-corrected chi connectivity index (χ1v) is 7.07. The van der Waals surface area contributed by atoms with Crippen molar-refractivity contribution in [2.45, 2.75) is 19.8 Å². The number of nitro benzene ring substituents is 2. The van der Waals surface area contributed by atoms with Gasteiger partial charge in [-0.15, -0.1) is 0 Å². The number of nitrogens with zero attached hydrogens (tertiary/aromatic N) is 3. The van der Waals surface area contributed by atoms with Gasteiger partial charge in [0.15, 0.2) is 5.69 Å². The minimum atomic E-state index is -0.824. The van der Waals surface area contributed by atoms with Crippen molar-refractivity contribution in [3.8, 4) is 0 Å². The molecule has 2 rings (SSSR count). The highest BCUT2D eigenvalue weighted by Gasteiger charge is 2.33. The summed E-state index contributed by atoms with van der Waals surface area (Å²) >= 11 is 0. The molecule has 10 heteroatoms. The van der Waals surface area contributed by atoms with Crippen molar-refractivity contribution >= 4 is 23.0 Å². The Bertz CT molecular complexity index is 627. The van der Waals surface area contributed by atoms with Gasteiger partial charge in [-0.3, -0.25) is 30.4 Å². The number of hydrazine groups is 1. The van der Waals surface area contributed by atoms with E-state index < -0.39 is 27.1 Å². The Kier molecular flexibility index (Phi) is 4.74. The number of nitrogens with two attached hydrogens (primary N) is 1. The molecule has 1 fully saturated rings. The average Bonchev–Trinajstić information content (AvgIpc) is 2.52. The molecule has 0 aliphatic carbocycles. The molecule has 0 radical (unpaired) electrons. The van der Waals surface area contributed by atoms with Crippen molar-refractivity contribution in [1.82, 2.24) is 5.43 Å². The van der Waals surface area contributed by atoms with Gasteiger partial charge in [0.05, 0.1) is 15.4 Å². The van der Waals surface area contributed by atoms with E-state index in [1.54, 1.807) is 4.90 Å². The fourth-order valence-corrected chi connectivity index (χ4v) is 2.81. The van der Waals surface area contributed by atoms with Crippen molar-refractivity contribution < 1.29 is 14.6 Å². The summed E-state index contributed by atoms with van der Waals surface area (Å²) < 4.78 is 0. The normalized spacial score (nSPS) is 17.7. The number of nitrogen functional groups attached to an aromatic ring is 1. The quantitative estimate of drug-likeness (QED) is 0.368. The first-order valence-electron chi connectivity index (χ1n) is 7.07. The van der Waals surface area contributed by atoms with Crippen LogP contribution in [0.2, 0.25) is 0 Å². The number of nitrogens with one attached hydrogen (secondary N) is 1. The van der Waals surface area contributed by atoms with Gasteiger partial charge in [0.25, 0.3) is 17.3 Å². The van der Waals surface area contributed by atoms with Crippen LogP contribution in [-0.2, 0) is 0 Å². The zero-order valence-electron chi connectivity index (χ0n) is 12.5. The summed E-state index contributed by atoms with van der Waals surface area (Å²) in [5.74, 6) is 4.45. The van der Waals surface area contributed by atoms with E-state index in [0.29, 0.717) is 13.1 Å². The third kappa shape index (κ3) is 3.37. The van der Waals surface area contributed by atoms with Crippen LogP contribution < -0.4 is 16.2 Å². The third-order valence-electron chi connectivity index (χ3n) is 3.83. The van der Waals surface area contributed by atoms with Gasteiger partial charge in [0, 0.05) is 25.2 Å². The van der Waals surface area contributed by atoms with Gasteiger partial charge >= 0.3 is 0 Å². The number of rotatable bonds is 4. The van der Waals surface area contributed by atoms with Crippen LogP contribution in [0.25, 0.3) is 0 Å². The predicted octanol–water partition coefficient (Wildman–Crippen LogP) is 1.34. The van der Waals surface area contributed by atoms with Crippen LogP contribution in [0.3, 0.4) is 0 Å². The van der Waals surface area contributed by atoms with Crippen LogP contribution in [0.5, 0.6) is 0 Å². The lowest BCUT2D eigenvalue weighted by Crippen LogP contribution is -2.35. The molecule has 1 amide bonds. The number of carbonyl (C=O) groups excluding carboxylic acids is 1. The van der Waals surface area contributed by atoms with Crippen LogP contribution in [-0.4, -0.2) is 28.8 Å². The first-order chi connectivity index (χ1) is 10.8. The molecule has 10 nitrogen and oxygen atoms in total. The molecule has 3 N–H and O–H groups in total. The maximum atomic E-state index is 11.6. The number of piperidine rings is 1. The summed E-state index contributed by atoms with van der Waals surface area (Å²) in [4.78, 5) is 34.6. The Morgan fingerprint density at radius 3 is 2.30 bits per heavy atom. The average molecular weight is 323 g/mol. The van der Waals surface area contributed by atoms with Crippen LogP contribution >= 0.6 is 0 Å². The molecule has 1 aliphatic heterocycles. The molecule has 124 valence electrons. The molecule has 23 heavy (non-hydrogen) atoms. The van der Waals surface area contributed by atoms with Gasteiger partial charge in [0.2, 0.25) is 0 Å². The highest BCUT2D eigenvalue weighted by Crippen LogP contribution is 2.40. The van der Waals surface area contributed by atoms with Crippen molar-refractivity contribution in [3.63, 3.8) is 0 Å². The molecule has 0 bridgehead atoms. The number of benzene rings is 1. The lowest BCUT2D eigenvalue weighted by molar-refractivity contribution is -0.392. The minimum Gasteiger partial charge on any atom is -0.360 e. The standard InChI is InChI=1S/C13H17N5O5/c1-8-3-2-4-16(7-8)12-10(17(20)21)5-9(13(19)15-14)6-11(12)18(22)23/h5-6,8H,2-4,7,14H2,1H3,(H,15,19). The highest BCUT2D eigenvalue weighted by molar-refractivity contribution is 5.97. The number of hydrogen-bond donors (Lipinski definition) is 2. The fraction of sp³-hybridized carbons (Fsp3) is 0.462. The van der Waals surface area contributed by atoms with Crippen LogP contribution in [0.4, 0.5) is 17.1 Å². The van der Waals surface area contributed by atoms with Gasteiger partial charge in [-0.1, -0.05) is 6.92 Å². The highest BCUT2D eigenvalue weighted by atomic mass is 16.6. The molecule has 1 unspecified atom stereocenters. The number of anilines is 1. The van der Waals surface area contributed by atoms with E-state index in [0.717, 1.165) is 25.0 Å². The lowest BCUT2D eigenvalue weighted by atomic mass is 9.98. The lowest BCUT2D eigenvalue weighted by Gasteiger charge is -2.32. The van der Waals surface area contributed by atoms with Crippen LogP contribution in [0.1, 0.15) is 30.1 Å². The van der Waals surface area contributed by atoms with E-state index in [2.05, 4.69) is 0 Å². The molecule has 0 spiro atoms. The SMILES string of the molecule is CC1CCCN(c2c([N+](=O)[O-])cc(C(=O)NN)cc2[N+](=O)[O-])C1. The Morgan fingerprint density at radius 1 is 1.30 bits per heavy atom. The summed E-state index contributed by atoms with van der Waals surface area (Å²) in [5, 5.41) is 22.8. The zero-order valence-corrected chi connectivity index (χ0v) is 12.5. The van der Waals surface area contributed by atoms with Crippen molar-refractivity contribution in [2.24, 2.45) is 11.8 Å². The summed E-state index contributed by atoms with van der Waals surface area (Å²) in [7, 11) is 0. The molecule has 0 saturated carbocycles. The van der Waals surface area contributed by atoms with Crippen LogP contribution in [0, 0.1) is 26.1 Å². The summed E-state index contributed by atoms with van der Waals surface area (Å²) in [5.41, 5.74) is 0.612. The monoisotopic (exact) mass is 323 g/mol. The maximum absolute atomic E-state index is 11.6. The third-order valence-corrected chi connectivity index (χ3v) is 3.83. The predicted molar refractivity (Wildman–Crippen MR) is 82.0 cm³/mol. The molecule has 1 heterocycles. The molecule has 1 aromatic carbocycles. The molecule has 0 aromatic heterocycles. The minimum absolute atomic E-state index is 0.0554.